The Kier molecular flexibility index (Phi) is 23.8. The van der Waals surface area contributed by atoms with Crippen molar-refractivity contribution < 1.29 is 29.7 Å². The molecule has 1 atom stereocenters. The third-order valence-corrected chi connectivity index (χ3v) is 1.34. The van der Waals surface area contributed by atoms with Crippen LogP contribution in [0.15, 0.2) is 12.4 Å². The molecule has 1 heterocycles. The average Bonchev–Trinajstić information content (AvgIpc) is 2.61. The molecule has 8 nitrogen and oxygen atoms in total. The molecule has 9 heteroatoms. The van der Waals surface area contributed by atoms with Gasteiger partial charge < -0.3 is 25.1 Å². The van der Waals surface area contributed by atoms with E-state index in [2.05, 4.69) is 36.2 Å². The fourth-order valence-electron chi connectivity index (χ4n) is 0.794. The maximum Gasteiger partial charge on any atom is 0.300 e. The molecule has 1 unspecified atom stereocenters. The smallest absolute Gasteiger partial charge is 0.300 e. The number of nitrogens with zero attached hydrogens (tertiary/aromatic N) is 2. The Hall–Kier alpha value is -1.82. The summed E-state index contributed by atoms with van der Waals surface area (Å²) < 4.78 is 0. The topological polar surface area (TPSA) is 118 Å². The van der Waals surface area contributed by atoms with Crippen LogP contribution >= 0.6 is 9.90 Å². The molecule has 1 rings (SSSR count). The molecule has 1 aliphatic rings. The lowest BCUT2D eigenvalue weighted by molar-refractivity contribution is -0.135. The lowest BCUT2D eigenvalue weighted by Gasteiger charge is -2.14. The van der Waals surface area contributed by atoms with Gasteiger partial charge in [0.25, 0.3) is 17.9 Å². The Morgan fingerprint density at radius 1 is 0.952 bits per heavy atom. The van der Waals surface area contributed by atoms with E-state index in [1.165, 1.54) is 0 Å². The van der Waals surface area contributed by atoms with Crippen LogP contribution in [0.5, 0.6) is 0 Å². The van der Waals surface area contributed by atoms with Gasteiger partial charge in [0, 0.05) is 46.8 Å². The Labute approximate surface area is 128 Å². The summed E-state index contributed by atoms with van der Waals surface area (Å²) in [4.78, 5) is 31.4. The number of carboxylic acids is 3. The number of aliphatic carboxylic acids is 3. The van der Waals surface area contributed by atoms with E-state index in [0.29, 0.717) is 0 Å². The molecule has 21 heavy (non-hydrogen) atoms. The maximum absolute atomic E-state index is 9.00. The predicted molar refractivity (Wildman–Crippen MR) is 85.2 cm³/mol. The van der Waals surface area contributed by atoms with Crippen molar-refractivity contribution in [3.63, 3.8) is 0 Å². The van der Waals surface area contributed by atoms with Crippen LogP contribution in [0.2, 0.25) is 0 Å². The van der Waals surface area contributed by atoms with Crippen molar-refractivity contribution in [3.05, 3.63) is 12.4 Å². The van der Waals surface area contributed by atoms with Gasteiger partial charge in [-0.25, -0.2) is 0 Å². The molecule has 0 fully saturated rings. The van der Waals surface area contributed by atoms with Crippen LogP contribution in [0.3, 0.4) is 0 Å². The Balaban J connectivity index is -0.0000000973. The summed E-state index contributed by atoms with van der Waals surface area (Å²) in [5, 5.41) is 22.2. The monoisotopic (exact) mass is 326 g/mol. The second-order valence-electron chi connectivity index (χ2n) is 3.66. The van der Waals surface area contributed by atoms with Gasteiger partial charge in [-0.1, -0.05) is 0 Å². The van der Waals surface area contributed by atoms with Crippen molar-refractivity contribution in [2.45, 2.75) is 27.7 Å². The SMILES string of the molecule is CC(=O)O.CC(=O)O.CC(=O)O.CCN1C=CN(C)C1.P. The van der Waals surface area contributed by atoms with Gasteiger partial charge in [-0.2, -0.15) is 9.90 Å². The molecule has 0 bridgehead atoms. The van der Waals surface area contributed by atoms with Crippen LogP contribution in [0.25, 0.3) is 0 Å². The number of carboxylic acid groups (broad SMARTS) is 3. The highest BCUT2D eigenvalue weighted by atomic mass is 31.0. The fraction of sp³-hybridized carbons (Fsp3) is 0.583. The molecule has 0 aromatic rings. The third kappa shape index (κ3) is 56.5. The maximum atomic E-state index is 9.00. The second-order valence-corrected chi connectivity index (χ2v) is 3.66. The summed E-state index contributed by atoms with van der Waals surface area (Å²) >= 11 is 0. The van der Waals surface area contributed by atoms with Gasteiger partial charge in [-0.05, 0) is 6.92 Å². The van der Waals surface area contributed by atoms with Gasteiger partial charge >= 0.3 is 0 Å². The Morgan fingerprint density at radius 2 is 1.24 bits per heavy atom. The molecular formula is C12H27N2O6P. The minimum absolute atomic E-state index is 0. The third-order valence-electron chi connectivity index (χ3n) is 1.34. The van der Waals surface area contributed by atoms with Gasteiger partial charge in [0.1, 0.15) is 0 Å². The molecule has 0 aromatic carbocycles. The van der Waals surface area contributed by atoms with Crippen LogP contribution in [0.1, 0.15) is 27.7 Å². The van der Waals surface area contributed by atoms with E-state index in [0.717, 1.165) is 34.0 Å². The zero-order valence-corrected chi connectivity index (χ0v) is 14.7. The highest BCUT2D eigenvalue weighted by molar-refractivity contribution is 6.92. The minimum atomic E-state index is -0.833. The summed E-state index contributed by atoms with van der Waals surface area (Å²) in [6, 6.07) is 0. The normalized spacial score (nSPS) is 10.5. The van der Waals surface area contributed by atoms with E-state index in [1.807, 2.05) is 0 Å². The van der Waals surface area contributed by atoms with Crippen molar-refractivity contribution in [2.75, 3.05) is 20.3 Å². The molecule has 0 aliphatic carbocycles. The van der Waals surface area contributed by atoms with Crippen molar-refractivity contribution in [1.29, 1.82) is 0 Å². The van der Waals surface area contributed by atoms with Crippen molar-refractivity contribution in [1.82, 2.24) is 9.80 Å². The quantitative estimate of drug-likeness (QED) is 0.611. The van der Waals surface area contributed by atoms with Gasteiger partial charge in [0.05, 0.1) is 6.67 Å². The molecule has 3 N–H and O–H groups in total. The molecule has 0 saturated carbocycles. The standard InChI is InChI=1S/C6H12N2.3C2H4O2.H3P/c1-3-8-5-4-7(2)6-8;3*1-2(3)4;/h4-5H,3,6H2,1-2H3;3*1H3,(H,3,4);1H3. The van der Waals surface area contributed by atoms with E-state index < -0.39 is 17.9 Å². The van der Waals surface area contributed by atoms with E-state index in [1.54, 1.807) is 0 Å². The van der Waals surface area contributed by atoms with Crippen molar-refractivity contribution >= 4 is 27.8 Å². The first-order valence-corrected chi connectivity index (χ1v) is 5.74. The van der Waals surface area contributed by atoms with E-state index >= 15 is 0 Å². The molecule has 0 amide bonds. The highest BCUT2D eigenvalue weighted by Crippen LogP contribution is 2.00. The van der Waals surface area contributed by atoms with Crippen LogP contribution in [0.4, 0.5) is 0 Å². The number of hydrogen-bond acceptors (Lipinski definition) is 5. The van der Waals surface area contributed by atoms with Crippen LogP contribution in [-0.4, -0.2) is 63.3 Å². The predicted octanol–water partition coefficient (Wildman–Crippen LogP) is 1.01. The zero-order valence-electron chi connectivity index (χ0n) is 13.2. The Morgan fingerprint density at radius 3 is 1.33 bits per heavy atom. The minimum Gasteiger partial charge on any atom is -0.481 e. The summed E-state index contributed by atoms with van der Waals surface area (Å²) in [5.41, 5.74) is 0. The van der Waals surface area contributed by atoms with Crippen molar-refractivity contribution in [3.8, 4) is 0 Å². The van der Waals surface area contributed by atoms with Crippen molar-refractivity contribution in [2.24, 2.45) is 0 Å². The molecular weight excluding hydrogens is 299 g/mol. The van der Waals surface area contributed by atoms with Crippen LogP contribution in [0, 0.1) is 0 Å². The molecule has 126 valence electrons. The first-order valence-electron chi connectivity index (χ1n) is 5.74. The molecule has 0 spiro atoms. The summed E-state index contributed by atoms with van der Waals surface area (Å²) in [6.07, 6.45) is 4.20. The first kappa shape index (κ1) is 27.5. The van der Waals surface area contributed by atoms with Gasteiger partial charge in [0.15, 0.2) is 0 Å². The summed E-state index contributed by atoms with van der Waals surface area (Å²) in [6.45, 7) is 7.57. The Bertz CT molecular complexity index is 282. The van der Waals surface area contributed by atoms with Crippen LogP contribution < -0.4 is 0 Å². The largest absolute Gasteiger partial charge is 0.481 e. The fourth-order valence-corrected chi connectivity index (χ4v) is 0.794. The van der Waals surface area contributed by atoms with E-state index in [4.69, 9.17) is 29.7 Å². The zero-order chi connectivity index (χ0) is 16.7. The van der Waals surface area contributed by atoms with E-state index in [-0.39, 0.29) is 9.90 Å². The lowest BCUT2D eigenvalue weighted by atomic mass is 10.6. The molecule has 0 radical (unpaired) electrons. The highest BCUT2D eigenvalue weighted by Gasteiger charge is 2.03. The second kappa shape index (κ2) is 18.2. The lowest BCUT2D eigenvalue weighted by Crippen LogP contribution is -2.21. The average molecular weight is 326 g/mol. The summed E-state index contributed by atoms with van der Waals surface area (Å²) in [7, 11) is 2.08. The van der Waals surface area contributed by atoms with Gasteiger partial charge in [-0.15, -0.1) is 0 Å². The van der Waals surface area contributed by atoms with Crippen LogP contribution in [-0.2, 0) is 14.4 Å². The summed E-state index contributed by atoms with van der Waals surface area (Å²) in [5.74, 6) is -2.50. The van der Waals surface area contributed by atoms with Gasteiger partial charge in [-0.3, -0.25) is 14.4 Å². The number of carbonyl (C=O) groups is 3. The first-order chi connectivity index (χ1) is 9.02. The number of hydrogen-bond donors (Lipinski definition) is 3. The van der Waals surface area contributed by atoms with E-state index in [9.17, 15) is 0 Å². The molecule has 0 aromatic heterocycles. The van der Waals surface area contributed by atoms with Gasteiger partial charge in [0.2, 0.25) is 0 Å². The molecule has 0 saturated heterocycles. The molecule has 1 aliphatic heterocycles. The number of rotatable bonds is 1.